The molecule has 5 nitrogen and oxygen atoms in total. The van der Waals surface area contributed by atoms with Gasteiger partial charge in [-0.25, -0.2) is 0 Å². The third-order valence-electron chi connectivity index (χ3n) is 3.53. The quantitative estimate of drug-likeness (QED) is 0.807. The van der Waals surface area contributed by atoms with Crippen LogP contribution in [0.3, 0.4) is 0 Å². The third kappa shape index (κ3) is 4.61. The molecule has 1 amide bonds. The summed E-state index contributed by atoms with van der Waals surface area (Å²) in [7, 11) is 0. The lowest BCUT2D eigenvalue weighted by molar-refractivity contribution is -0.119. The lowest BCUT2D eigenvalue weighted by Crippen LogP contribution is -2.45. The van der Waals surface area contributed by atoms with E-state index in [4.69, 9.17) is 5.73 Å². The molecule has 1 aliphatic rings. The number of carbonyl (C=O) groups is 1. The number of amides is 1. The molecule has 0 atom stereocenters. The first-order chi connectivity index (χ1) is 9.13. The van der Waals surface area contributed by atoms with Gasteiger partial charge < -0.3 is 11.1 Å². The predicted octanol–water partition coefficient (Wildman–Crippen LogP) is 0.429. The smallest absolute Gasteiger partial charge is 0.231 e. The molecule has 5 heteroatoms. The van der Waals surface area contributed by atoms with Gasteiger partial charge in [0.25, 0.3) is 0 Å². The molecule has 1 saturated heterocycles. The molecule has 2 rings (SSSR count). The second-order valence-corrected chi connectivity index (χ2v) is 5.21. The van der Waals surface area contributed by atoms with Crippen LogP contribution in [0.5, 0.6) is 0 Å². The van der Waals surface area contributed by atoms with E-state index >= 15 is 0 Å². The summed E-state index contributed by atoms with van der Waals surface area (Å²) in [5, 5.41) is 3.55. The summed E-state index contributed by atoms with van der Waals surface area (Å²) >= 11 is 0. The Morgan fingerprint density at radius 2 is 2.21 bits per heavy atom. The Hall–Kier alpha value is -1.46. The van der Waals surface area contributed by atoms with Crippen molar-refractivity contribution in [1.29, 1.82) is 0 Å². The average Bonchev–Trinajstić information content (AvgIpc) is 2.39. The molecule has 0 aliphatic carbocycles. The van der Waals surface area contributed by atoms with Crippen molar-refractivity contribution >= 4 is 5.91 Å². The molecule has 1 aromatic heterocycles. The Labute approximate surface area is 114 Å². The minimum atomic E-state index is -0.239. The van der Waals surface area contributed by atoms with E-state index in [1.165, 1.54) is 5.56 Å². The molecule has 0 bridgehead atoms. The first-order valence-electron chi connectivity index (χ1n) is 6.79. The zero-order chi connectivity index (χ0) is 13.7. The highest BCUT2D eigenvalue weighted by Crippen LogP contribution is 2.10. The summed E-state index contributed by atoms with van der Waals surface area (Å²) in [4.78, 5) is 17.3. The summed E-state index contributed by atoms with van der Waals surface area (Å²) < 4.78 is 0. The first kappa shape index (κ1) is 14.0. The van der Waals surface area contributed by atoms with Gasteiger partial charge in [-0.2, -0.15) is 0 Å². The molecule has 1 fully saturated rings. The maximum absolute atomic E-state index is 10.8. The van der Waals surface area contributed by atoms with Gasteiger partial charge in [-0.15, -0.1) is 0 Å². The molecule has 19 heavy (non-hydrogen) atoms. The zero-order valence-electron chi connectivity index (χ0n) is 11.4. The topological polar surface area (TPSA) is 71.2 Å². The van der Waals surface area contributed by atoms with Gasteiger partial charge in [0.2, 0.25) is 5.91 Å². The van der Waals surface area contributed by atoms with Crippen LogP contribution in [0.2, 0.25) is 0 Å². The minimum Gasteiger partial charge on any atom is -0.369 e. The number of nitrogens with one attached hydrogen (secondary N) is 1. The van der Waals surface area contributed by atoms with Gasteiger partial charge in [0, 0.05) is 37.6 Å². The van der Waals surface area contributed by atoms with Gasteiger partial charge in [0.1, 0.15) is 0 Å². The highest BCUT2D eigenvalue weighted by molar-refractivity contribution is 5.75. The lowest BCUT2D eigenvalue weighted by atomic mass is 10.0. The van der Waals surface area contributed by atoms with Crippen molar-refractivity contribution in [3.63, 3.8) is 0 Å². The molecular formula is C14H22N4O. The first-order valence-corrected chi connectivity index (χ1v) is 6.79. The highest BCUT2D eigenvalue weighted by Gasteiger charge is 2.19. The lowest BCUT2D eigenvalue weighted by Gasteiger charge is -2.31. The number of pyridine rings is 1. The van der Waals surface area contributed by atoms with E-state index in [-0.39, 0.29) is 5.91 Å². The Bertz CT molecular complexity index is 410. The summed E-state index contributed by atoms with van der Waals surface area (Å²) in [6, 6.07) is 4.66. The van der Waals surface area contributed by atoms with Gasteiger partial charge in [0.05, 0.1) is 6.54 Å². The van der Waals surface area contributed by atoms with Gasteiger partial charge in [0.15, 0.2) is 0 Å². The van der Waals surface area contributed by atoms with Crippen LogP contribution in [0.1, 0.15) is 24.1 Å². The van der Waals surface area contributed by atoms with Gasteiger partial charge in [-0.3, -0.25) is 14.7 Å². The van der Waals surface area contributed by atoms with Crippen molar-refractivity contribution in [3.05, 3.63) is 29.6 Å². The molecule has 0 saturated carbocycles. The molecular weight excluding hydrogens is 240 g/mol. The fourth-order valence-electron chi connectivity index (χ4n) is 2.38. The van der Waals surface area contributed by atoms with Crippen molar-refractivity contribution in [2.75, 3.05) is 19.6 Å². The van der Waals surface area contributed by atoms with Crippen LogP contribution in [0.15, 0.2) is 18.3 Å². The van der Waals surface area contributed by atoms with E-state index in [9.17, 15) is 4.79 Å². The highest BCUT2D eigenvalue weighted by atomic mass is 16.1. The van der Waals surface area contributed by atoms with E-state index in [0.717, 1.165) is 38.2 Å². The SMILES string of the molecule is Cc1ccc(CNC2CCN(CC(N)=O)CC2)cn1. The molecule has 1 aromatic rings. The maximum Gasteiger partial charge on any atom is 0.231 e. The van der Waals surface area contributed by atoms with Gasteiger partial charge in [-0.05, 0) is 31.4 Å². The van der Waals surface area contributed by atoms with E-state index in [1.807, 2.05) is 19.2 Å². The normalized spacial score (nSPS) is 17.5. The Balaban J connectivity index is 1.71. The summed E-state index contributed by atoms with van der Waals surface area (Å²) in [6.45, 7) is 5.10. The third-order valence-corrected chi connectivity index (χ3v) is 3.53. The molecule has 0 radical (unpaired) electrons. The molecule has 0 aromatic carbocycles. The molecule has 3 N–H and O–H groups in total. The standard InChI is InChI=1S/C14H22N4O/c1-11-2-3-12(8-16-11)9-17-13-4-6-18(7-5-13)10-14(15)19/h2-3,8,13,17H,4-7,9-10H2,1H3,(H2,15,19). The number of nitrogens with two attached hydrogens (primary N) is 1. The number of hydrogen-bond donors (Lipinski definition) is 2. The summed E-state index contributed by atoms with van der Waals surface area (Å²) in [5.41, 5.74) is 7.46. The van der Waals surface area contributed by atoms with E-state index in [0.29, 0.717) is 12.6 Å². The average molecular weight is 262 g/mol. The number of aryl methyl sites for hydroxylation is 1. The van der Waals surface area contributed by atoms with Crippen molar-refractivity contribution in [2.24, 2.45) is 5.73 Å². The summed E-state index contributed by atoms with van der Waals surface area (Å²) in [6.07, 6.45) is 4.05. The number of hydrogen-bond acceptors (Lipinski definition) is 4. The number of aromatic nitrogens is 1. The van der Waals surface area contributed by atoms with Crippen LogP contribution in [0, 0.1) is 6.92 Å². The maximum atomic E-state index is 10.8. The van der Waals surface area contributed by atoms with Crippen LogP contribution < -0.4 is 11.1 Å². The number of carbonyl (C=O) groups excluding carboxylic acids is 1. The second kappa shape index (κ2) is 6.63. The fraction of sp³-hybridized carbons (Fsp3) is 0.571. The molecule has 0 spiro atoms. The van der Waals surface area contributed by atoms with E-state index in [2.05, 4.69) is 21.3 Å². The van der Waals surface area contributed by atoms with Gasteiger partial charge >= 0.3 is 0 Å². The Kier molecular flexibility index (Phi) is 4.87. The molecule has 1 aliphatic heterocycles. The number of rotatable bonds is 5. The molecule has 104 valence electrons. The van der Waals surface area contributed by atoms with Crippen LogP contribution in [-0.2, 0) is 11.3 Å². The van der Waals surface area contributed by atoms with E-state index < -0.39 is 0 Å². The van der Waals surface area contributed by atoms with Crippen molar-refractivity contribution in [1.82, 2.24) is 15.2 Å². The second-order valence-electron chi connectivity index (χ2n) is 5.21. The fourth-order valence-corrected chi connectivity index (χ4v) is 2.38. The van der Waals surface area contributed by atoms with Crippen LogP contribution >= 0.6 is 0 Å². The number of primary amides is 1. The summed E-state index contributed by atoms with van der Waals surface area (Å²) in [5.74, 6) is -0.239. The molecule has 0 unspecified atom stereocenters. The van der Waals surface area contributed by atoms with Crippen LogP contribution in [-0.4, -0.2) is 41.5 Å². The van der Waals surface area contributed by atoms with Crippen molar-refractivity contribution < 1.29 is 4.79 Å². The number of nitrogens with zero attached hydrogens (tertiary/aromatic N) is 2. The van der Waals surface area contributed by atoms with Crippen LogP contribution in [0.25, 0.3) is 0 Å². The Morgan fingerprint density at radius 3 is 2.79 bits per heavy atom. The number of likely N-dealkylation sites (tertiary alicyclic amines) is 1. The van der Waals surface area contributed by atoms with Crippen molar-refractivity contribution in [2.45, 2.75) is 32.4 Å². The Morgan fingerprint density at radius 1 is 1.47 bits per heavy atom. The van der Waals surface area contributed by atoms with E-state index in [1.54, 1.807) is 0 Å². The van der Waals surface area contributed by atoms with Crippen molar-refractivity contribution in [3.8, 4) is 0 Å². The monoisotopic (exact) mass is 262 g/mol. The van der Waals surface area contributed by atoms with Gasteiger partial charge in [-0.1, -0.05) is 6.07 Å². The molecule has 2 heterocycles. The largest absolute Gasteiger partial charge is 0.369 e. The minimum absolute atomic E-state index is 0.239. The number of piperidine rings is 1. The van der Waals surface area contributed by atoms with Crippen LogP contribution in [0.4, 0.5) is 0 Å². The predicted molar refractivity (Wildman–Crippen MR) is 74.5 cm³/mol. The zero-order valence-corrected chi connectivity index (χ0v) is 11.4.